The zero-order chi connectivity index (χ0) is 14.6. The summed E-state index contributed by atoms with van der Waals surface area (Å²) in [5, 5.41) is 0. The Labute approximate surface area is 119 Å². The molecule has 4 aliphatic carbocycles. The molecule has 0 aromatic heterocycles. The minimum atomic E-state index is -1.90. The van der Waals surface area contributed by atoms with E-state index >= 15 is 0 Å². The molecule has 2 unspecified atom stereocenters. The van der Waals surface area contributed by atoms with Crippen LogP contribution in [0.3, 0.4) is 0 Å². The Balaban J connectivity index is 1.71. The van der Waals surface area contributed by atoms with Gasteiger partial charge in [0.15, 0.2) is 0 Å². The number of rotatable bonds is 4. The largest absolute Gasteiger partial charge is 0.462 e. The van der Waals surface area contributed by atoms with E-state index in [-0.39, 0.29) is 11.0 Å². The van der Waals surface area contributed by atoms with Crippen molar-refractivity contribution < 1.29 is 14.3 Å². The fourth-order valence-electron chi connectivity index (χ4n) is 5.12. The molecule has 114 valence electrons. The zero-order valence-corrected chi connectivity index (χ0v) is 12.1. The molecule has 0 amide bonds. The number of ether oxygens (including phenoxy) is 2. The van der Waals surface area contributed by atoms with Gasteiger partial charge in [-0.05, 0) is 50.4 Å². The monoisotopic (exact) mass is 283 g/mol. The van der Waals surface area contributed by atoms with Crippen molar-refractivity contribution in [1.29, 1.82) is 0 Å². The lowest BCUT2D eigenvalue weighted by molar-refractivity contribution is -0.198. The van der Waals surface area contributed by atoms with E-state index in [0.717, 1.165) is 32.1 Å². The van der Waals surface area contributed by atoms with E-state index in [4.69, 9.17) is 26.7 Å². The van der Waals surface area contributed by atoms with Gasteiger partial charge in [0.1, 0.15) is 0 Å². The van der Waals surface area contributed by atoms with Crippen LogP contribution >= 0.6 is 0 Å². The highest BCUT2D eigenvalue weighted by Gasteiger charge is 2.58. The summed E-state index contributed by atoms with van der Waals surface area (Å²) in [6, 6.07) is 0. The average molecular weight is 283 g/mol. The summed E-state index contributed by atoms with van der Waals surface area (Å²) < 4.78 is 11.1. The van der Waals surface area contributed by atoms with Crippen molar-refractivity contribution in [3.63, 3.8) is 0 Å². The second kappa shape index (κ2) is 4.40. The van der Waals surface area contributed by atoms with Crippen LogP contribution in [0.15, 0.2) is 0 Å². The minimum absolute atomic E-state index is 0.0122. The lowest BCUT2D eigenvalue weighted by Gasteiger charge is -2.61. The van der Waals surface area contributed by atoms with Crippen LogP contribution in [-0.2, 0) is 14.3 Å². The molecule has 0 heterocycles. The van der Waals surface area contributed by atoms with Crippen LogP contribution in [0.5, 0.6) is 0 Å². The molecule has 4 saturated carbocycles. The smallest absolute Gasteiger partial charge is 0.356 e. The fourth-order valence-corrected chi connectivity index (χ4v) is 5.12. The van der Waals surface area contributed by atoms with E-state index in [0.29, 0.717) is 18.4 Å². The normalized spacial score (nSPS) is 42.8. The van der Waals surface area contributed by atoms with Gasteiger partial charge in [0, 0.05) is 12.5 Å². The van der Waals surface area contributed by atoms with Crippen molar-refractivity contribution >= 4 is 5.97 Å². The highest BCUT2D eigenvalue weighted by Crippen LogP contribution is 2.62. The third-order valence-corrected chi connectivity index (χ3v) is 5.42. The standard InChI is InChI=1S/C14H25N3O3/c1-19-13-5-9-2-10(6-13)4-12(3-9,7-13)8-20-11(18)14(15,16)17/h9-10H,2-8,15-17H2,1H3. The molecule has 4 aliphatic rings. The first-order valence-electron chi connectivity index (χ1n) is 7.35. The summed E-state index contributed by atoms with van der Waals surface area (Å²) in [6.07, 6.45) is 6.75. The molecule has 20 heavy (non-hydrogen) atoms. The van der Waals surface area contributed by atoms with E-state index in [2.05, 4.69) is 0 Å². The molecule has 6 nitrogen and oxygen atoms in total. The van der Waals surface area contributed by atoms with Crippen LogP contribution in [0.1, 0.15) is 38.5 Å². The van der Waals surface area contributed by atoms with Crippen LogP contribution in [-0.4, -0.2) is 31.1 Å². The van der Waals surface area contributed by atoms with E-state index in [1.807, 2.05) is 0 Å². The Bertz CT molecular complexity index is 404. The van der Waals surface area contributed by atoms with E-state index in [1.165, 1.54) is 6.42 Å². The maximum atomic E-state index is 11.7. The SMILES string of the molecule is COC12CC3CC(CC(COC(=O)C(N)(N)N)(C3)C1)C2. The molecule has 0 aliphatic heterocycles. The minimum Gasteiger partial charge on any atom is -0.462 e. The number of hydrogen-bond donors (Lipinski definition) is 3. The summed E-state index contributed by atoms with van der Waals surface area (Å²) in [4.78, 5) is 11.7. The van der Waals surface area contributed by atoms with E-state index < -0.39 is 11.8 Å². The predicted octanol–water partition coefficient (Wildman–Crippen LogP) is 0.0449. The predicted molar refractivity (Wildman–Crippen MR) is 73.1 cm³/mol. The molecule has 6 N–H and O–H groups in total. The third-order valence-electron chi connectivity index (χ3n) is 5.42. The van der Waals surface area contributed by atoms with Gasteiger partial charge in [0.2, 0.25) is 5.79 Å². The first kappa shape index (κ1) is 14.3. The van der Waals surface area contributed by atoms with Crippen LogP contribution < -0.4 is 17.2 Å². The second-order valence-electron chi connectivity index (χ2n) is 7.36. The van der Waals surface area contributed by atoms with Gasteiger partial charge in [0.05, 0.1) is 12.2 Å². The maximum absolute atomic E-state index is 11.7. The van der Waals surface area contributed by atoms with Gasteiger partial charge in [-0.15, -0.1) is 0 Å². The van der Waals surface area contributed by atoms with Crippen LogP contribution in [0, 0.1) is 17.3 Å². The van der Waals surface area contributed by atoms with Gasteiger partial charge in [-0.25, -0.2) is 4.79 Å². The molecular weight excluding hydrogens is 258 g/mol. The summed E-state index contributed by atoms with van der Waals surface area (Å²) in [7, 11) is 1.80. The molecular formula is C14H25N3O3. The number of carbonyl (C=O) groups excluding carboxylic acids is 1. The van der Waals surface area contributed by atoms with E-state index in [1.54, 1.807) is 7.11 Å². The molecule has 6 heteroatoms. The Hall–Kier alpha value is -0.690. The summed E-state index contributed by atoms with van der Waals surface area (Å²) in [6.45, 7) is 0.358. The van der Waals surface area contributed by atoms with Crippen molar-refractivity contribution in [3.8, 4) is 0 Å². The summed E-state index contributed by atoms with van der Waals surface area (Å²) >= 11 is 0. The van der Waals surface area contributed by atoms with Crippen molar-refractivity contribution in [1.82, 2.24) is 0 Å². The van der Waals surface area contributed by atoms with Gasteiger partial charge in [0.25, 0.3) is 0 Å². The second-order valence-corrected chi connectivity index (χ2v) is 7.36. The van der Waals surface area contributed by atoms with Crippen molar-refractivity contribution in [2.24, 2.45) is 34.5 Å². The van der Waals surface area contributed by atoms with Gasteiger partial charge in [-0.2, -0.15) is 0 Å². The van der Waals surface area contributed by atoms with Crippen molar-refractivity contribution in [2.75, 3.05) is 13.7 Å². The Morgan fingerprint density at radius 3 is 2.30 bits per heavy atom. The van der Waals surface area contributed by atoms with Gasteiger partial charge >= 0.3 is 5.97 Å². The quantitative estimate of drug-likeness (QED) is 0.496. The van der Waals surface area contributed by atoms with E-state index in [9.17, 15) is 4.79 Å². The summed E-state index contributed by atoms with van der Waals surface area (Å²) in [5.74, 6) is -1.26. The lowest BCUT2D eigenvalue weighted by Crippen LogP contribution is -2.65. The number of hydrogen-bond acceptors (Lipinski definition) is 6. The molecule has 0 saturated heterocycles. The maximum Gasteiger partial charge on any atom is 0.356 e. The number of carbonyl (C=O) groups is 1. The Morgan fingerprint density at radius 1 is 1.20 bits per heavy atom. The molecule has 4 fully saturated rings. The number of nitrogens with two attached hydrogens (primary N) is 3. The molecule has 0 spiro atoms. The molecule has 0 aromatic carbocycles. The van der Waals surface area contributed by atoms with Crippen LogP contribution in [0.2, 0.25) is 0 Å². The first-order valence-corrected chi connectivity index (χ1v) is 7.35. The Morgan fingerprint density at radius 2 is 1.80 bits per heavy atom. The molecule has 4 bridgehead atoms. The van der Waals surface area contributed by atoms with Crippen molar-refractivity contribution in [2.45, 2.75) is 49.9 Å². The van der Waals surface area contributed by atoms with Gasteiger partial charge in [-0.1, -0.05) is 0 Å². The van der Waals surface area contributed by atoms with Gasteiger partial charge in [-0.3, -0.25) is 17.2 Å². The average Bonchev–Trinajstić information content (AvgIpc) is 2.33. The highest BCUT2D eigenvalue weighted by molar-refractivity contribution is 5.78. The molecule has 0 aromatic rings. The molecule has 4 rings (SSSR count). The first-order chi connectivity index (χ1) is 9.26. The molecule has 2 atom stereocenters. The highest BCUT2D eigenvalue weighted by atomic mass is 16.5. The summed E-state index contributed by atoms with van der Waals surface area (Å²) in [5.41, 5.74) is 16.1. The van der Waals surface area contributed by atoms with Crippen molar-refractivity contribution in [3.05, 3.63) is 0 Å². The zero-order valence-electron chi connectivity index (χ0n) is 12.1. The lowest BCUT2D eigenvalue weighted by atomic mass is 9.48. The van der Waals surface area contributed by atoms with Gasteiger partial charge < -0.3 is 9.47 Å². The molecule has 0 radical (unpaired) electrons. The van der Waals surface area contributed by atoms with Crippen LogP contribution in [0.4, 0.5) is 0 Å². The fraction of sp³-hybridized carbons (Fsp3) is 0.929. The Kier molecular flexibility index (Phi) is 3.14. The van der Waals surface area contributed by atoms with Crippen LogP contribution in [0.25, 0.3) is 0 Å². The third kappa shape index (κ3) is 2.35. The number of methoxy groups -OCH3 is 1. The topological polar surface area (TPSA) is 114 Å². The number of esters is 1.